The van der Waals surface area contributed by atoms with Crippen LogP contribution < -0.4 is 0 Å². The molecule has 6 heteroatoms. The van der Waals surface area contributed by atoms with Gasteiger partial charge in [-0.15, -0.1) is 0 Å². The number of rotatable bonds is 4. The normalized spacial score (nSPS) is 15.1. The SMILES string of the molecule is CC(O)N(CC(=O)O)C(C)O.[Mn]. The Hall–Kier alpha value is -0.131. The fourth-order valence-corrected chi connectivity index (χ4v) is 0.733. The second-order valence-corrected chi connectivity index (χ2v) is 2.33. The van der Waals surface area contributed by atoms with Crippen LogP contribution in [0.5, 0.6) is 0 Å². The largest absolute Gasteiger partial charge is 0.480 e. The molecule has 0 spiro atoms. The molecule has 5 nitrogen and oxygen atoms in total. The average molecular weight is 218 g/mol. The second-order valence-electron chi connectivity index (χ2n) is 2.33. The van der Waals surface area contributed by atoms with Crippen LogP contribution >= 0.6 is 0 Å². The molecular weight excluding hydrogens is 205 g/mol. The molecule has 0 aliphatic carbocycles. The maximum absolute atomic E-state index is 10.2. The van der Waals surface area contributed by atoms with Gasteiger partial charge in [-0.3, -0.25) is 4.79 Å². The first-order chi connectivity index (χ1) is 4.95. The van der Waals surface area contributed by atoms with E-state index in [0.29, 0.717) is 0 Å². The third-order valence-corrected chi connectivity index (χ3v) is 1.28. The summed E-state index contributed by atoms with van der Waals surface area (Å²) in [5.41, 5.74) is 0. The topological polar surface area (TPSA) is 81.0 Å². The van der Waals surface area contributed by atoms with Crippen molar-refractivity contribution in [2.45, 2.75) is 26.3 Å². The molecule has 0 aliphatic rings. The van der Waals surface area contributed by atoms with Crippen molar-refractivity contribution in [3.63, 3.8) is 0 Å². The van der Waals surface area contributed by atoms with Crippen LogP contribution in [0.4, 0.5) is 0 Å². The smallest absolute Gasteiger partial charge is 0.317 e. The minimum absolute atomic E-state index is 0. The van der Waals surface area contributed by atoms with E-state index in [1.807, 2.05) is 0 Å². The zero-order valence-electron chi connectivity index (χ0n) is 6.94. The van der Waals surface area contributed by atoms with Gasteiger partial charge in [-0.05, 0) is 13.8 Å². The quantitative estimate of drug-likeness (QED) is 0.418. The summed E-state index contributed by atoms with van der Waals surface area (Å²) in [6.45, 7) is 2.43. The molecule has 0 heterocycles. The van der Waals surface area contributed by atoms with E-state index in [-0.39, 0.29) is 23.6 Å². The van der Waals surface area contributed by atoms with Gasteiger partial charge in [0.15, 0.2) is 0 Å². The summed E-state index contributed by atoms with van der Waals surface area (Å²) in [7, 11) is 0. The number of carboxylic acid groups (broad SMARTS) is 1. The molecule has 73 valence electrons. The number of hydrogen-bond donors (Lipinski definition) is 3. The zero-order valence-corrected chi connectivity index (χ0v) is 8.12. The molecule has 0 bridgehead atoms. The van der Waals surface area contributed by atoms with Crippen molar-refractivity contribution in [3.05, 3.63) is 0 Å². The Morgan fingerprint density at radius 3 is 1.75 bits per heavy atom. The van der Waals surface area contributed by atoms with Crippen LogP contribution in [0.3, 0.4) is 0 Å². The van der Waals surface area contributed by atoms with E-state index in [4.69, 9.17) is 15.3 Å². The number of carboxylic acids is 1. The Kier molecular flexibility index (Phi) is 7.67. The summed E-state index contributed by atoms with van der Waals surface area (Å²) in [4.78, 5) is 11.2. The minimum atomic E-state index is -1.08. The van der Waals surface area contributed by atoms with E-state index < -0.39 is 18.4 Å². The van der Waals surface area contributed by atoms with Crippen LogP contribution in [0.1, 0.15) is 13.8 Å². The molecule has 1 radical (unpaired) electrons. The molecule has 0 amide bonds. The summed E-state index contributed by atoms with van der Waals surface area (Å²) in [6, 6.07) is 0. The van der Waals surface area contributed by atoms with Crippen LogP contribution in [0.2, 0.25) is 0 Å². The van der Waals surface area contributed by atoms with Gasteiger partial charge in [0.05, 0.1) is 0 Å². The fourth-order valence-electron chi connectivity index (χ4n) is 0.733. The number of hydrogen-bond acceptors (Lipinski definition) is 4. The summed E-state index contributed by atoms with van der Waals surface area (Å²) in [5, 5.41) is 26.2. The van der Waals surface area contributed by atoms with Crippen molar-refractivity contribution in [2.24, 2.45) is 0 Å². The van der Waals surface area contributed by atoms with Crippen LogP contribution in [-0.2, 0) is 21.9 Å². The Bertz CT molecular complexity index is 132. The summed E-state index contributed by atoms with van der Waals surface area (Å²) in [5.74, 6) is -1.08. The molecular formula is C6H13MnNO4. The van der Waals surface area contributed by atoms with Crippen LogP contribution in [0, 0.1) is 0 Å². The predicted molar refractivity (Wildman–Crippen MR) is 37.7 cm³/mol. The summed E-state index contributed by atoms with van der Waals surface area (Å²) < 4.78 is 0. The molecule has 12 heavy (non-hydrogen) atoms. The number of aliphatic hydroxyl groups is 2. The van der Waals surface area contributed by atoms with Gasteiger partial charge < -0.3 is 15.3 Å². The Morgan fingerprint density at radius 2 is 1.67 bits per heavy atom. The van der Waals surface area contributed by atoms with Gasteiger partial charge in [0, 0.05) is 17.1 Å². The fraction of sp³-hybridized carbons (Fsp3) is 0.833. The minimum Gasteiger partial charge on any atom is -0.480 e. The molecule has 0 aromatic rings. The zero-order chi connectivity index (χ0) is 9.02. The van der Waals surface area contributed by atoms with Crippen molar-refractivity contribution >= 4 is 5.97 Å². The van der Waals surface area contributed by atoms with E-state index in [1.54, 1.807) is 0 Å². The third-order valence-electron chi connectivity index (χ3n) is 1.28. The van der Waals surface area contributed by atoms with Gasteiger partial charge in [0.2, 0.25) is 0 Å². The van der Waals surface area contributed by atoms with Crippen molar-refractivity contribution in [3.8, 4) is 0 Å². The third kappa shape index (κ3) is 5.51. The van der Waals surface area contributed by atoms with Crippen LogP contribution in [0.15, 0.2) is 0 Å². The first-order valence-corrected chi connectivity index (χ1v) is 3.29. The van der Waals surface area contributed by atoms with E-state index in [0.717, 1.165) is 4.90 Å². The molecule has 0 saturated heterocycles. The first-order valence-electron chi connectivity index (χ1n) is 3.29. The Morgan fingerprint density at radius 1 is 1.33 bits per heavy atom. The maximum atomic E-state index is 10.2. The monoisotopic (exact) mass is 218 g/mol. The van der Waals surface area contributed by atoms with Crippen LogP contribution in [0.25, 0.3) is 0 Å². The standard InChI is InChI=1S/C6H13NO4.Mn/c1-4(8)7(5(2)9)3-6(10)11;/h4-5,8-9H,3H2,1-2H3,(H,10,11);. The Balaban J connectivity index is 0. The van der Waals surface area contributed by atoms with E-state index in [1.165, 1.54) is 13.8 Å². The van der Waals surface area contributed by atoms with Crippen molar-refractivity contribution < 1.29 is 37.2 Å². The molecule has 0 rings (SSSR count). The van der Waals surface area contributed by atoms with Crippen molar-refractivity contribution in [1.82, 2.24) is 4.90 Å². The molecule has 2 unspecified atom stereocenters. The van der Waals surface area contributed by atoms with Gasteiger partial charge >= 0.3 is 5.97 Å². The van der Waals surface area contributed by atoms with Gasteiger partial charge in [0.1, 0.15) is 19.0 Å². The maximum Gasteiger partial charge on any atom is 0.317 e. The van der Waals surface area contributed by atoms with Gasteiger partial charge in [-0.25, -0.2) is 4.90 Å². The van der Waals surface area contributed by atoms with E-state index in [9.17, 15) is 4.79 Å². The van der Waals surface area contributed by atoms with Crippen molar-refractivity contribution in [1.29, 1.82) is 0 Å². The van der Waals surface area contributed by atoms with Gasteiger partial charge in [-0.2, -0.15) is 0 Å². The van der Waals surface area contributed by atoms with Crippen LogP contribution in [-0.4, -0.2) is 45.2 Å². The second kappa shape index (κ2) is 6.39. The van der Waals surface area contributed by atoms with E-state index in [2.05, 4.69) is 0 Å². The molecule has 0 aromatic heterocycles. The number of nitrogens with zero attached hydrogens (tertiary/aromatic N) is 1. The summed E-state index contributed by atoms with van der Waals surface area (Å²) >= 11 is 0. The average Bonchev–Trinajstić information content (AvgIpc) is 1.81. The van der Waals surface area contributed by atoms with Gasteiger partial charge in [0.25, 0.3) is 0 Å². The number of aliphatic carboxylic acids is 1. The molecule has 0 aliphatic heterocycles. The van der Waals surface area contributed by atoms with E-state index >= 15 is 0 Å². The number of aliphatic hydroxyl groups excluding tert-OH is 2. The number of carbonyl (C=O) groups is 1. The predicted octanol–water partition coefficient (Wildman–Crippen LogP) is -0.953. The van der Waals surface area contributed by atoms with Crippen molar-refractivity contribution in [2.75, 3.05) is 6.54 Å². The molecule has 0 saturated carbocycles. The molecule has 0 fully saturated rings. The summed E-state index contributed by atoms with van der Waals surface area (Å²) in [6.07, 6.45) is -1.91. The molecule has 2 atom stereocenters. The molecule has 0 aromatic carbocycles. The molecule has 3 N–H and O–H groups in total. The van der Waals surface area contributed by atoms with Gasteiger partial charge in [-0.1, -0.05) is 0 Å². The Labute approximate surface area is 81.5 Å². The first kappa shape index (κ1) is 14.4.